The molecular weight excluding hydrogens is 150 g/mol. The quantitative estimate of drug-likeness (QED) is 0.341. The van der Waals surface area contributed by atoms with Crippen LogP contribution in [0.1, 0.15) is 20.3 Å². The van der Waals surface area contributed by atoms with Crippen molar-refractivity contribution in [1.29, 1.82) is 0 Å². The molecule has 0 bridgehead atoms. The van der Waals surface area contributed by atoms with Gasteiger partial charge < -0.3 is 0 Å². The fourth-order valence-electron chi connectivity index (χ4n) is 1.17. The van der Waals surface area contributed by atoms with Gasteiger partial charge in [0.25, 0.3) is 0 Å². The lowest BCUT2D eigenvalue weighted by molar-refractivity contribution is 0.441. The second-order valence-corrected chi connectivity index (χ2v) is 3.53. The van der Waals surface area contributed by atoms with E-state index in [1.54, 1.807) is 0 Å². The molecule has 0 N–H and O–H groups in total. The van der Waals surface area contributed by atoms with Gasteiger partial charge in [-0.1, -0.05) is 35.8 Å². The second kappa shape index (κ2) is 3.46. The highest BCUT2D eigenvalue weighted by molar-refractivity contribution is 5.24. The van der Waals surface area contributed by atoms with Gasteiger partial charge in [-0.2, -0.15) is 0 Å². The summed E-state index contributed by atoms with van der Waals surface area (Å²) in [5.41, 5.74) is 9.50. The number of hydrogen-bond acceptors (Lipinski definition) is 1. The Bertz CT molecular complexity index is 271. The maximum absolute atomic E-state index is 8.18. The van der Waals surface area contributed by atoms with E-state index in [2.05, 4.69) is 42.1 Å². The topological polar surface area (TPSA) is 48.8 Å². The second-order valence-electron chi connectivity index (χ2n) is 3.53. The predicted molar refractivity (Wildman–Crippen MR) is 49.6 cm³/mol. The first kappa shape index (κ1) is 8.88. The predicted octanol–water partition coefficient (Wildman–Crippen LogP) is 3.21. The molecule has 1 aliphatic rings. The summed E-state index contributed by atoms with van der Waals surface area (Å²) in [7, 11) is 0. The van der Waals surface area contributed by atoms with Gasteiger partial charge in [0.15, 0.2) is 0 Å². The Balaban J connectivity index is 2.65. The van der Waals surface area contributed by atoms with Crippen molar-refractivity contribution >= 4 is 0 Å². The highest BCUT2D eigenvalue weighted by Gasteiger charge is 2.20. The van der Waals surface area contributed by atoms with E-state index in [0.29, 0.717) is 6.54 Å². The molecule has 3 nitrogen and oxygen atoms in total. The molecule has 12 heavy (non-hydrogen) atoms. The van der Waals surface area contributed by atoms with Crippen molar-refractivity contribution < 1.29 is 0 Å². The summed E-state index contributed by atoms with van der Waals surface area (Å²) in [5.74, 6) is 0. The molecule has 0 fully saturated rings. The largest absolute Gasteiger partial charge is 0.0931 e. The average molecular weight is 163 g/mol. The van der Waals surface area contributed by atoms with E-state index in [4.69, 9.17) is 5.53 Å². The molecule has 1 rings (SSSR count). The van der Waals surface area contributed by atoms with Crippen molar-refractivity contribution in [1.82, 2.24) is 0 Å². The van der Waals surface area contributed by atoms with Gasteiger partial charge in [-0.25, -0.2) is 0 Å². The molecule has 0 radical (unpaired) electrons. The van der Waals surface area contributed by atoms with Crippen LogP contribution in [0.5, 0.6) is 0 Å². The van der Waals surface area contributed by atoms with Crippen molar-refractivity contribution in [2.24, 2.45) is 10.5 Å². The zero-order chi connectivity index (χ0) is 9.03. The minimum atomic E-state index is 0.0335. The maximum atomic E-state index is 8.18. The molecule has 0 saturated heterocycles. The molecule has 0 saturated carbocycles. The summed E-state index contributed by atoms with van der Waals surface area (Å²) in [5, 5.41) is 3.59. The van der Waals surface area contributed by atoms with Crippen LogP contribution in [0.15, 0.2) is 28.9 Å². The molecule has 1 aliphatic carbocycles. The highest BCUT2D eigenvalue weighted by Crippen LogP contribution is 2.29. The third-order valence-electron chi connectivity index (χ3n) is 2.13. The minimum absolute atomic E-state index is 0.0335. The SMILES string of the molecule is CC1=CCC(C)(CN=[N+]=[N-])C=C1. The standard InChI is InChI=1S/C9H13N3/c1-8-3-5-9(2,6-4-8)7-11-12-10/h3-5H,6-7H2,1-2H3. The monoisotopic (exact) mass is 163 g/mol. The van der Waals surface area contributed by atoms with Crippen LogP contribution in [-0.4, -0.2) is 6.54 Å². The van der Waals surface area contributed by atoms with Crippen molar-refractivity contribution in [3.63, 3.8) is 0 Å². The first-order chi connectivity index (χ1) is 5.66. The lowest BCUT2D eigenvalue weighted by Crippen LogP contribution is -2.17. The molecule has 0 spiro atoms. The van der Waals surface area contributed by atoms with Gasteiger partial charge in [-0.05, 0) is 24.3 Å². The molecule has 0 aromatic carbocycles. The van der Waals surface area contributed by atoms with E-state index in [0.717, 1.165) is 6.42 Å². The van der Waals surface area contributed by atoms with Crippen molar-refractivity contribution in [3.8, 4) is 0 Å². The number of hydrogen-bond donors (Lipinski definition) is 0. The van der Waals surface area contributed by atoms with Crippen LogP contribution in [0.2, 0.25) is 0 Å². The van der Waals surface area contributed by atoms with Crippen LogP contribution in [0, 0.1) is 5.41 Å². The van der Waals surface area contributed by atoms with Crippen LogP contribution >= 0.6 is 0 Å². The first-order valence-electron chi connectivity index (χ1n) is 4.03. The third kappa shape index (κ3) is 2.14. The summed E-state index contributed by atoms with van der Waals surface area (Å²) in [6, 6.07) is 0. The Hall–Kier alpha value is -1.21. The van der Waals surface area contributed by atoms with E-state index in [9.17, 15) is 0 Å². The molecule has 3 heteroatoms. The summed E-state index contributed by atoms with van der Waals surface area (Å²) < 4.78 is 0. The fraction of sp³-hybridized carbons (Fsp3) is 0.556. The van der Waals surface area contributed by atoms with Crippen molar-refractivity contribution in [2.45, 2.75) is 20.3 Å². The van der Waals surface area contributed by atoms with Crippen molar-refractivity contribution in [3.05, 3.63) is 34.2 Å². The molecule has 0 aromatic rings. The van der Waals surface area contributed by atoms with Crippen molar-refractivity contribution in [2.75, 3.05) is 6.54 Å². The van der Waals surface area contributed by atoms with Gasteiger partial charge in [0.05, 0.1) is 0 Å². The van der Waals surface area contributed by atoms with Gasteiger partial charge in [-0.15, -0.1) is 0 Å². The van der Waals surface area contributed by atoms with Gasteiger partial charge in [0, 0.05) is 11.5 Å². The van der Waals surface area contributed by atoms with Gasteiger partial charge in [-0.3, -0.25) is 0 Å². The molecule has 64 valence electrons. The minimum Gasteiger partial charge on any atom is -0.0931 e. The number of nitrogens with zero attached hydrogens (tertiary/aromatic N) is 3. The number of azide groups is 1. The molecular formula is C9H13N3. The highest BCUT2D eigenvalue weighted by atomic mass is 15.1. The Morgan fingerprint density at radius 3 is 3.00 bits per heavy atom. The van der Waals surface area contributed by atoms with E-state index in [1.165, 1.54) is 5.57 Å². The van der Waals surface area contributed by atoms with E-state index in [-0.39, 0.29) is 5.41 Å². The van der Waals surface area contributed by atoms with Gasteiger partial charge in [0.1, 0.15) is 0 Å². The van der Waals surface area contributed by atoms with Gasteiger partial charge >= 0.3 is 0 Å². The van der Waals surface area contributed by atoms with E-state index in [1.807, 2.05) is 0 Å². The van der Waals surface area contributed by atoms with Crippen LogP contribution in [0.4, 0.5) is 0 Å². The van der Waals surface area contributed by atoms with Crippen LogP contribution in [0.25, 0.3) is 10.4 Å². The summed E-state index contributed by atoms with van der Waals surface area (Å²) >= 11 is 0. The van der Waals surface area contributed by atoms with Gasteiger partial charge in [0.2, 0.25) is 0 Å². The molecule has 1 atom stereocenters. The number of rotatable bonds is 2. The number of allylic oxidation sites excluding steroid dienone is 3. The Kier molecular flexibility index (Phi) is 2.56. The summed E-state index contributed by atoms with van der Waals surface area (Å²) in [4.78, 5) is 2.76. The van der Waals surface area contributed by atoms with E-state index < -0.39 is 0 Å². The molecule has 0 heterocycles. The van der Waals surface area contributed by atoms with Crippen LogP contribution < -0.4 is 0 Å². The summed E-state index contributed by atoms with van der Waals surface area (Å²) in [6.07, 6.45) is 7.34. The Morgan fingerprint density at radius 1 is 1.75 bits per heavy atom. The lowest BCUT2D eigenvalue weighted by atomic mass is 9.82. The molecule has 0 amide bonds. The van der Waals surface area contributed by atoms with Crippen LogP contribution in [0.3, 0.4) is 0 Å². The molecule has 0 aromatic heterocycles. The Labute approximate surface area is 72.4 Å². The molecule has 0 aliphatic heterocycles. The van der Waals surface area contributed by atoms with Crippen LogP contribution in [-0.2, 0) is 0 Å². The fourth-order valence-corrected chi connectivity index (χ4v) is 1.17. The first-order valence-corrected chi connectivity index (χ1v) is 4.03. The third-order valence-corrected chi connectivity index (χ3v) is 2.13. The zero-order valence-corrected chi connectivity index (χ0v) is 7.49. The maximum Gasteiger partial charge on any atom is 0.0349 e. The lowest BCUT2D eigenvalue weighted by Gasteiger charge is -2.25. The van der Waals surface area contributed by atoms with E-state index >= 15 is 0 Å². The average Bonchev–Trinajstić information content (AvgIpc) is 2.08. The zero-order valence-electron chi connectivity index (χ0n) is 7.49. The molecule has 1 unspecified atom stereocenters. The normalized spacial score (nSPS) is 27.7. The summed E-state index contributed by atoms with van der Waals surface area (Å²) in [6.45, 7) is 4.72. The Morgan fingerprint density at radius 2 is 2.50 bits per heavy atom. The smallest absolute Gasteiger partial charge is 0.0349 e.